The van der Waals surface area contributed by atoms with Crippen LogP contribution in [0.4, 0.5) is 0 Å². The monoisotopic (exact) mass is 342 g/mol. The summed E-state index contributed by atoms with van der Waals surface area (Å²) in [7, 11) is 1.63. The van der Waals surface area contributed by atoms with Crippen LogP contribution in [0.15, 0.2) is 24.3 Å². The number of amides is 1. The molecule has 5 nitrogen and oxygen atoms in total. The van der Waals surface area contributed by atoms with Crippen LogP contribution in [0.1, 0.15) is 26.2 Å². The Morgan fingerprint density at radius 1 is 1.35 bits per heavy atom. The van der Waals surface area contributed by atoms with Gasteiger partial charge in [0.25, 0.3) is 0 Å². The Kier molecular flexibility index (Phi) is 8.81. The third-order valence-corrected chi connectivity index (χ3v) is 3.93. The fraction of sp³-hybridized carbons (Fsp3) is 0.588. The molecule has 23 heavy (non-hydrogen) atoms. The lowest BCUT2D eigenvalue weighted by Crippen LogP contribution is -2.33. The molecular formula is C17H27ClN2O3. The van der Waals surface area contributed by atoms with Crippen molar-refractivity contribution in [2.45, 2.75) is 32.3 Å². The van der Waals surface area contributed by atoms with Gasteiger partial charge in [-0.2, -0.15) is 0 Å². The van der Waals surface area contributed by atoms with Gasteiger partial charge >= 0.3 is 0 Å². The lowest BCUT2D eigenvalue weighted by Gasteiger charge is -2.16. The molecule has 0 aliphatic carbocycles. The van der Waals surface area contributed by atoms with E-state index in [4.69, 9.17) is 9.47 Å². The number of hydrogen-bond acceptors (Lipinski definition) is 4. The average Bonchev–Trinajstić information content (AvgIpc) is 3.05. The first-order chi connectivity index (χ1) is 10.7. The summed E-state index contributed by atoms with van der Waals surface area (Å²) < 4.78 is 10.9. The van der Waals surface area contributed by atoms with Crippen molar-refractivity contribution in [3.63, 3.8) is 0 Å². The van der Waals surface area contributed by atoms with Crippen molar-refractivity contribution >= 4 is 18.3 Å². The van der Waals surface area contributed by atoms with Crippen LogP contribution in [0.3, 0.4) is 0 Å². The van der Waals surface area contributed by atoms with Crippen LogP contribution in [-0.2, 0) is 4.79 Å². The highest BCUT2D eigenvalue weighted by Crippen LogP contribution is 2.18. The molecule has 0 aromatic heterocycles. The van der Waals surface area contributed by atoms with Gasteiger partial charge in [-0.15, -0.1) is 12.4 Å². The molecule has 0 saturated carbocycles. The molecule has 1 amide bonds. The van der Waals surface area contributed by atoms with Crippen molar-refractivity contribution in [3.05, 3.63) is 24.3 Å². The van der Waals surface area contributed by atoms with E-state index in [2.05, 4.69) is 10.6 Å². The molecule has 2 rings (SSSR count). The topological polar surface area (TPSA) is 59.6 Å². The lowest BCUT2D eigenvalue weighted by atomic mass is 10.0. The second-order valence-electron chi connectivity index (χ2n) is 5.81. The van der Waals surface area contributed by atoms with E-state index in [0.29, 0.717) is 18.9 Å². The SMILES string of the molecule is COc1ccc(OC(C)CNC(=O)CCC2CCNC2)cc1.Cl. The first-order valence-corrected chi connectivity index (χ1v) is 7.95. The van der Waals surface area contributed by atoms with Gasteiger partial charge in [-0.05, 0) is 63.0 Å². The molecule has 2 unspecified atom stereocenters. The van der Waals surface area contributed by atoms with E-state index in [1.54, 1.807) is 7.11 Å². The number of rotatable bonds is 8. The maximum atomic E-state index is 11.8. The molecule has 1 aromatic rings. The highest BCUT2D eigenvalue weighted by Gasteiger charge is 2.16. The molecule has 1 saturated heterocycles. The fourth-order valence-electron chi connectivity index (χ4n) is 2.57. The van der Waals surface area contributed by atoms with E-state index >= 15 is 0 Å². The Labute approximate surface area is 144 Å². The Hall–Kier alpha value is -1.46. The predicted molar refractivity (Wildman–Crippen MR) is 93.6 cm³/mol. The third kappa shape index (κ3) is 7.10. The fourth-order valence-corrected chi connectivity index (χ4v) is 2.57. The van der Waals surface area contributed by atoms with Gasteiger partial charge in [-0.1, -0.05) is 0 Å². The van der Waals surface area contributed by atoms with E-state index in [0.717, 1.165) is 31.0 Å². The summed E-state index contributed by atoms with van der Waals surface area (Å²) in [6.07, 6.45) is 2.68. The first kappa shape index (κ1) is 19.6. The van der Waals surface area contributed by atoms with Crippen molar-refractivity contribution in [2.24, 2.45) is 5.92 Å². The summed E-state index contributed by atoms with van der Waals surface area (Å²) in [5.74, 6) is 2.34. The van der Waals surface area contributed by atoms with E-state index in [1.165, 1.54) is 6.42 Å². The Bertz CT molecular complexity index is 461. The second-order valence-corrected chi connectivity index (χ2v) is 5.81. The molecule has 2 N–H and O–H groups in total. The minimum absolute atomic E-state index is 0. The zero-order valence-corrected chi connectivity index (χ0v) is 14.7. The van der Waals surface area contributed by atoms with Crippen molar-refractivity contribution in [2.75, 3.05) is 26.7 Å². The van der Waals surface area contributed by atoms with Gasteiger partial charge in [-0.25, -0.2) is 0 Å². The standard InChI is InChI=1S/C17H26N2O3.ClH/c1-13(22-16-6-4-15(21-2)5-7-16)11-19-17(20)8-3-14-9-10-18-12-14;/h4-7,13-14,18H,3,8-12H2,1-2H3,(H,19,20);1H. The number of hydrogen-bond donors (Lipinski definition) is 2. The van der Waals surface area contributed by atoms with Crippen LogP contribution in [0.2, 0.25) is 0 Å². The average molecular weight is 343 g/mol. The van der Waals surface area contributed by atoms with Gasteiger partial charge in [0.2, 0.25) is 5.91 Å². The molecule has 0 bridgehead atoms. The van der Waals surface area contributed by atoms with Crippen LogP contribution in [0, 0.1) is 5.92 Å². The Morgan fingerprint density at radius 3 is 2.65 bits per heavy atom. The lowest BCUT2D eigenvalue weighted by molar-refractivity contribution is -0.121. The molecule has 1 heterocycles. The zero-order valence-electron chi connectivity index (χ0n) is 13.8. The highest BCUT2D eigenvalue weighted by molar-refractivity contribution is 5.85. The van der Waals surface area contributed by atoms with Crippen LogP contribution in [0.5, 0.6) is 11.5 Å². The Balaban J connectivity index is 0.00000264. The van der Waals surface area contributed by atoms with Crippen molar-refractivity contribution in [1.82, 2.24) is 10.6 Å². The third-order valence-electron chi connectivity index (χ3n) is 3.93. The largest absolute Gasteiger partial charge is 0.497 e. The molecular weight excluding hydrogens is 316 g/mol. The minimum atomic E-state index is -0.0644. The summed E-state index contributed by atoms with van der Waals surface area (Å²) in [6, 6.07) is 7.45. The molecule has 6 heteroatoms. The van der Waals surface area contributed by atoms with Crippen molar-refractivity contribution < 1.29 is 14.3 Å². The number of carbonyl (C=O) groups excluding carboxylic acids is 1. The molecule has 1 aromatic carbocycles. The molecule has 0 spiro atoms. The molecule has 0 radical (unpaired) electrons. The quantitative estimate of drug-likeness (QED) is 0.761. The Morgan fingerprint density at radius 2 is 2.04 bits per heavy atom. The van der Waals surface area contributed by atoms with Crippen molar-refractivity contribution in [1.29, 1.82) is 0 Å². The molecule has 130 valence electrons. The second kappa shape index (κ2) is 10.3. The maximum Gasteiger partial charge on any atom is 0.220 e. The predicted octanol–water partition coefficient (Wildman–Crippen LogP) is 2.39. The number of carbonyl (C=O) groups is 1. The summed E-state index contributed by atoms with van der Waals surface area (Å²) >= 11 is 0. The molecule has 1 aliphatic rings. The van der Waals surface area contributed by atoms with Crippen molar-refractivity contribution in [3.8, 4) is 11.5 Å². The van der Waals surface area contributed by atoms with E-state index in [-0.39, 0.29) is 24.4 Å². The van der Waals surface area contributed by atoms with Gasteiger partial charge in [0.15, 0.2) is 0 Å². The summed E-state index contributed by atoms with van der Waals surface area (Å²) in [4.78, 5) is 11.8. The summed E-state index contributed by atoms with van der Waals surface area (Å²) in [5, 5.41) is 6.26. The zero-order chi connectivity index (χ0) is 15.8. The van der Waals surface area contributed by atoms with Gasteiger partial charge in [0, 0.05) is 6.42 Å². The normalized spacial score (nSPS) is 17.9. The van der Waals surface area contributed by atoms with Gasteiger partial charge < -0.3 is 20.1 Å². The number of methoxy groups -OCH3 is 1. The van der Waals surface area contributed by atoms with E-state index in [1.807, 2.05) is 31.2 Å². The van der Waals surface area contributed by atoms with E-state index < -0.39 is 0 Å². The number of halogens is 1. The van der Waals surface area contributed by atoms with Crippen LogP contribution in [-0.4, -0.2) is 38.8 Å². The van der Waals surface area contributed by atoms with Gasteiger partial charge in [0.05, 0.1) is 13.7 Å². The summed E-state index contributed by atoms with van der Waals surface area (Å²) in [5.41, 5.74) is 0. The first-order valence-electron chi connectivity index (χ1n) is 7.95. The maximum absolute atomic E-state index is 11.8. The summed E-state index contributed by atoms with van der Waals surface area (Å²) in [6.45, 7) is 4.60. The van der Waals surface area contributed by atoms with Gasteiger partial charge in [-0.3, -0.25) is 4.79 Å². The number of ether oxygens (including phenoxy) is 2. The minimum Gasteiger partial charge on any atom is -0.497 e. The van der Waals surface area contributed by atoms with Crippen LogP contribution >= 0.6 is 12.4 Å². The van der Waals surface area contributed by atoms with Crippen LogP contribution < -0.4 is 20.1 Å². The van der Waals surface area contributed by atoms with Crippen LogP contribution in [0.25, 0.3) is 0 Å². The smallest absolute Gasteiger partial charge is 0.220 e. The van der Waals surface area contributed by atoms with Gasteiger partial charge in [0.1, 0.15) is 17.6 Å². The van der Waals surface area contributed by atoms with E-state index in [9.17, 15) is 4.79 Å². The number of benzene rings is 1. The molecule has 2 atom stereocenters. The molecule has 1 fully saturated rings. The molecule has 1 aliphatic heterocycles. The highest BCUT2D eigenvalue weighted by atomic mass is 35.5. The number of nitrogens with one attached hydrogen (secondary N) is 2.